The standard InChI is InChI=1S/C15H24ClN3OS/c1-5-7-17-14-13(16)9-12(10-18-14)15(20)19(3)11(2)6-8-21-4/h9-11H,5-8H2,1-4H3,(H,17,18). The summed E-state index contributed by atoms with van der Waals surface area (Å²) in [5, 5.41) is 3.62. The van der Waals surface area contributed by atoms with Gasteiger partial charge in [-0.1, -0.05) is 18.5 Å². The molecule has 1 aromatic rings. The Balaban J connectivity index is 2.76. The molecule has 0 aliphatic heterocycles. The zero-order chi connectivity index (χ0) is 15.8. The third-order valence-corrected chi connectivity index (χ3v) is 4.28. The number of thioether (sulfide) groups is 1. The zero-order valence-electron chi connectivity index (χ0n) is 13.1. The molecule has 1 rings (SSSR count). The van der Waals surface area contributed by atoms with E-state index in [1.54, 1.807) is 28.9 Å². The summed E-state index contributed by atoms with van der Waals surface area (Å²) >= 11 is 7.97. The Kier molecular flexibility index (Phi) is 7.89. The number of halogens is 1. The number of amides is 1. The van der Waals surface area contributed by atoms with Crippen molar-refractivity contribution < 1.29 is 4.79 Å². The summed E-state index contributed by atoms with van der Waals surface area (Å²) in [6.07, 6.45) is 5.62. The normalized spacial score (nSPS) is 12.0. The lowest BCUT2D eigenvalue weighted by molar-refractivity contribution is 0.0741. The molecule has 21 heavy (non-hydrogen) atoms. The van der Waals surface area contributed by atoms with Gasteiger partial charge in [0, 0.05) is 25.8 Å². The first-order valence-electron chi connectivity index (χ1n) is 7.16. The maximum Gasteiger partial charge on any atom is 0.255 e. The van der Waals surface area contributed by atoms with Crippen molar-refractivity contribution in [3.8, 4) is 0 Å². The molecule has 1 N–H and O–H groups in total. The summed E-state index contributed by atoms with van der Waals surface area (Å²) in [6, 6.07) is 1.88. The lowest BCUT2D eigenvalue weighted by atomic mass is 10.2. The maximum absolute atomic E-state index is 12.4. The van der Waals surface area contributed by atoms with Crippen molar-refractivity contribution in [3.05, 3.63) is 22.8 Å². The van der Waals surface area contributed by atoms with Crippen LogP contribution >= 0.6 is 23.4 Å². The highest BCUT2D eigenvalue weighted by Crippen LogP contribution is 2.21. The van der Waals surface area contributed by atoms with Crippen LogP contribution < -0.4 is 5.32 Å². The van der Waals surface area contributed by atoms with E-state index in [9.17, 15) is 4.79 Å². The Morgan fingerprint density at radius 1 is 1.57 bits per heavy atom. The molecule has 1 heterocycles. The molecule has 4 nitrogen and oxygen atoms in total. The van der Waals surface area contributed by atoms with Crippen LogP contribution in [-0.4, -0.2) is 47.4 Å². The molecule has 118 valence electrons. The van der Waals surface area contributed by atoms with Gasteiger partial charge in [0.15, 0.2) is 0 Å². The Bertz CT molecular complexity index is 470. The molecular weight excluding hydrogens is 306 g/mol. The Morgan fingerprint density at radius 2 is 2.29 bits per heavy atom. The summed E-state index contributed by atoms with van der Waals surface area (Å²) < 4.78 is 0. The first-order valence-corrected chi connectivity index (χ1v) is 8.93. The number of hydrogen-bond acceptors (Lipinski definition) is 4. The number of pyridine rings is 1. The Hall–Kier alpha value is -0.940. The van der Waals surface area contributed by atoms with Gasteiger partial charge in [-0.25, -0.2) is 4.98 Å². The van der Waals surface area contributed by atoms with Crippen molar-refractivity contribution in [1.82, 2.24) is 9.88 Å². The molecular formula is C15H24ClN3OS. The van der Waals surface area contributed by atoms with E-state index in [1.165, 1.54) is 0 Å². The predicted octanol–water partition coefficient (Wildman–Crippen LogP) is 3.77. The van der Waals surface area contributed by atoms with E-state index < -0.39 is 0 Å². The van der Waals surface area contributed by atoms with E-state index in [1.807, 2.05) is 7.05 Å². The highest BCUT2D eigenvalue weighted by Gasteiger charge is 2.18. The number of aromatic nitrogens is 1. The van der Waals surface area contributed by atoms with E-state index in [2.05, 4.69) is 30.4 Å². The van der Waals surface area contributed by atoms with Gasteiger partial charge >= 0.3 is 0 Å². The van der Waals surface area contributed by atoms with Crippen LogP contribution in [0.5, 0.6) is 0 Å². The Morgan fingerprint density at radius 3 is 2.86 bits per heavy atom. The van der Waals surface area contributed by atoms with E-state index in [0.29, 0.717) is 16.4 Å². The lowest BCUT2D eigenvalue weighted by Gasteiger charge is -2.25. The molecule has 0 spiro atoms. The fourth-order valence-corrected chi connectivity index (χ4v) is 2.62. The van der Waals surface area contributed by atoms with Crippen LogP contribution in [0, 0.1) is 0 Å². The van der Waals surface area contributed by atoms with Gasteiger partial charge in [-0.15, -0.1) is 0 Å². The van der Waals surface area contributed by atoms with Crippen molar-refractivity contribution in [3.63, 3.8) is 0 Å². The number of rotatable bonds is 8. The van der Waals surface area contributed by atoms with Crippen molar-refractivity contribution in [1.29, 1.82) is 0 Å². The van der Waals surface area contributed by atoms with Crippen molar-refractivity contribution in [2.75, 3.05) is 30.9 Å². The van der Waals surface area contributed by atoms with E-state index >= 15 is 0 Å². The number of carbonyl (C=O) groups excluding carboxylic acids is 1. The van der Waals surface area contributed by atoms with Gasteiger partial charge in [-0.2, -0.15) is 11.8 Å². The van der Waals surface area contributed by atoms with Gasteiger partial charge in [0.2, 0.25) is 0 Å². The van der Waals surface area contributed by atoms with Gasteiger partial charge in [-0.05, 0) is 37.8 Å². The quantitative estimate of drug-likeness (QED) is 0.788. The van der Waals surface area contributed by atoms with Crippen LogP contribution in [0.1, 0.15) is 37.0 Å². The van der Waals surface area contributed by atoms with Crippen LogP contribution in [0.4, 0.5) is 5.82 Å². The molecule has 1 unspecified atom stereocenters. The van der Waals surface area contributed by atoms with Crippen molar-refractivity contribution in [2.45, 2.75) is 32.7 Å². The van der Waals surface area contributed by atoms with Crippen LogP contribution in [0.3, 0.4) is 0 Å². The molecule has 0 aromatic carbocycles. The minimum absolute atomic E-state index is 0.0416. The minimum Gasteiger partial charge on any atom is -0.369 e. The molecule has 1 aromatic heterocycles. The third-order valence-electron chi connectivity index (χ3n) is 3.35. The van der Waals surface area contributed by atoms with Gasteiger partial charge in [0.05, 0.1) is 10.6 Å². The lowest BCUT2D eigenvalue weighted by Crippen LogP contribution is -2.35. The molecule has 1 atom stereocenters. The topological polar surface area (TPSA) is 45.2 Å². The fraction of sp³-hybridized carbons (Fsp3) is 0.600. The summed E-state index contributed by atoms with van der Waals surface area (Å²) in [5.74, 6) is 1.63. The zero-order valence-corrected chi connectivity index (χ0v) is 14.7. The van der Waals surface area contributed by atoms with Gasteiger partial charge < -0.3 is 10.2 Å². The molecule has 1 amide bonds. The first-order chi connectivity index (χ1) is 10.0. The molecule has 0 aliphatic carbocycles. The van der Waals surface area contributed by atoms with Gasteiger partial charge in [-0.3, -0.25) is 4.79 Å². The number of nitrogens with zero attached hydrogens (tertiary/aromatic N) is 2. The van der Waals surface area contributed by atoms with Crippen LogP contribution in [0.2, 0.25) is 5.02 Å². The molecule has 6 heteroatoms. The number of hydrogen-bond donors (Lipinski definition) is 1. The van der Waals surface area contributed by atoms with Crippen LogP contribution in [-0.2, 0) is 0 Å². The SMILES string of the molecule is CCCNc1ncc(C(=O)N(C)C(C)CCSC)cc1Cl. The second-order valence-electron chi connectivity index (χ2n) is 5.03. The predicted molar refractivity (Wildman–Crippen MR) is 92.6 cm³/mol. The molecule has 0 saturated carbocycles. The van der Waals surface area contributed by atoms with E-state index in [-0.39, 0.29) is 11.9 Å². The van der Waals surface area contributed by atoms with Crippen LogP contribution in [0.15, 0.2) is 12.3 Å². The monoisotopic (exact) mass is 329 g/mol. The number of nitrogens with one attached hydrogen (secondary N) is 1. The largest absolute Gasteiger partial charge is 0.369 e. The van der Waals surface area contributed by atoms with Crippen molar-refractivity contribution >= 4 is 35.1 Å². The summed E-state index contributed by atoms with van der Waals surface area (Å²) in [7, 11) is 1.82. The molecule has 0 bridgehead atoms. The molecule has 0 saturated heterocycles. The smallest absolute Gasteiger partial charge is 0.255 e. The second-order valence-corrected chi connectivity index (χ2v) is 6.42. The molecule has 0 aliphatic rings. The van der Waals surface area contributed by atoms with Gasteiger partial charge in [0.1, 0.15) is 5.82 Å². The Labute approximate surface area is 136 Å². The third kappa shape index (κ3) is 5.40. The average molecular weight is 330 g/mol. The number of carbonyl (C=O) groups is 1. The summed E-state index contributed by atoms with van der Waals surface area (Å²) in [4.78, 5) is 18.4. The summed E-state index contributed by atoms with van der Waals surface area (Å²) in [5.41, 5.74) is 0.528. The van der Waals surface area contributed by atoms with E-state index in [4.69, 9.17) is 11.6 Å². The molecule has 0 radical (unpaired) electrons. The minimum atomic E-state index is -0.0416. The summed E-state index contributed by atoms with van der Waals surface area (Å²) in [6.45, 7) is 4.94. The van der Waals surface area contributed by atoms with Gasteiger partial charge in [0.25, 0.3) is 5.91 Å². The molecule has 0 fully saturated rings. The highest BCUT2D eigenvalue weighted by atomic mass is 35.5. The first kappa shape index (κ1) is 18.1. The number of anilines is 1. The average Bonchev–Trinajstić information content (AvgIpc) is 2.49. The highest BCUT2D eigenvalue weighted by molar-refractivity contribution is 7.98. The fourth-order valence-electron chi connectivity index (χ4n) is 1.81. The maximum atomic E-state index is 12.4. The van der Waals surface area contributed by atoms with Crippen LogP contribution in [0.25, 0.3) is 0 Å². The second kappa shape index (κ2) is 9.15. The van der Waals surface area contributed by atoms with Crippen molar-refractivity contribution in [2.24, 2.45) is 0 Å². The van der Waals surface area contributed by atoms with E-state index in [0.717, 1.165) is 25.1 Å².